The van der Waals surface area contributed by atoms with Gasteiger partial charge in [-0.3, -0.25) is 9.59 Å². The molecule has 12 heterocycles. The number of likely N-dealkylation sites (tertiary alicyclic amines) is 2. The molecule has 4 aromatic rings. The van der Waals surface area contributed by atoms with Gasteiger partial charge in [0.05, 0.1) is 83.3 Å². The van der Waals surface area contributed by atoms with Gasteiger partial charge in [0.25, 0.3) is 0 Å². The van der Waals surface area contributed by atoms with E-state index in [9.17, 15) is 9.59 Å². The Hall–Kier alpha value is -6.66. The number of ether oxygens (including phenoxy) is 12. The van der Waals surface area contributed by atoms with Crippen LogP contribution in [0.25, 0.3) is 0 Å². The molecule has 18 nitrogen and oxygen atoms in total. The van der Waals surface area contributed by atoms with Crippen LogP contribution in [0.15, 0.2) is 48.5 Å². The summed E-state index contributed by atoms with van der Waals surface area (Å²) in [6.07, 6.45) is 5.40. The van der Waals surface area contributed by atoms with E-state index in [4.69, 9.17) is 68.3 Å². The maximum atomic E-state index is 13.2. The largest absolute Gasteiger partial charge is 0.493 e. The summed E-state index contributed by atoms with van der Waals surface area (Å²) >= 11 is 0. The molecule has 2 fully saturated rings. The summed E-state index contributed by atoms with van der Waals surface area (Å²) in [6.45, 7) is 3.91. The number of benzene rings is 4. The zero-order valence-corrected chi connectivity index (χ0v) is 44.5. The highest BCUT2D eigenvalue weighted by molar-refractivity contribution is 5.77. The molecule has 404 valence electrons. The molecule has 2 spiro atoms. The van der Waals surface area contributed by atoms with Crippen LogP contribution in [-0.2, 0) is 20.4 Å². The van der Waals surface area contributed by atoms with Gasteiger partial charge in [-0.2, -0.15) is 0 Å². The third-order valence-electron chi connectivity index (χ3n) is 14.8. The van der Waals surface area contributed by atoms with Gasteiger partial charge >= 0.3 is 0 Å². The number of hydrogen-bond acceptors (Lipinski definition) is 16. The van der Waals surface area contributed by atoms with Crippen molar-refractivity contribution in [3.63, 3.8) is 0 Å². The minimum absolute atomic E-state index is 0.0238. The predicted molar refractivity (Wildman–Crippen MR) is 279 cm³/mol. The van der Waals surface area contributed by atoms with Crippen LogP contribution >= 0.6 is 0 Å². The highest BCUT2D eigenvalue weighted by Crippen LogP contribution is 2.53. The maximum Gasteiger partial charge on any atom is 0.223 e. The zero-order valence-electron chi connectivity index (χ0n) is 44.5. The Morgan fingerprint density at radius 1 is 0.405 bits per heavy atom. The second-order valence-corrected chi connectivity index (χ2v) is 18.7. The molecule has 2 amide bonds. The van der Waals surface area contributed by atoms with Crippen LogP contribution in [0.3, 0.4) is 0 Å². The molecule has 0 unspecified atom stereocenters. The molecule has 18 heteroatoms. The van der Waals surface area contributed by atoms with Crippen molar-refractivity contribution in [1.82, 2.24) is 9.80 Å². The van der Waals surface area contributed by atoms with Gasteiger partial charge < -0.3 is 78.1 Å². The van der Waals surface area contributed by atoms with E-state index in [-0.39, 0.29) is 37.7 Å². The van der Waals surface area contributed by atoms with E-state index in [1.54, 1.807) is 56.9 Å². The molecular formula is C56H76N4O14. The fourth-order valence-corrected chi connectivity index (χ4v) is 10.6. The lowest BCUT2D eigenvalue weighted by Gasteiger charge is -2.43. The third kappa shape index (κ3) is 11.5. The van der Waals surface area contributed by atoms with Crippen molar-refractivity contribution in [2.24, 2.45) is 11.5 Å². The Bertz CT molecular complexity index is 2130. The summed E-state index contributed by atoms with van der Waals surface area (Å²) in [5, 5.41) is 0. The van der Waals surface area contributed by atoms with E-state index >= 15 is 0 Å². The monoisotopic (exact) mass is 1030 g/mol. The van der Waals surface area contributed by atoms with Crippen LogP contribution in [0.1, 0.15) is 86.5 Å². The van der Waals surface area contributed by atoms with Crippen molar-refractivity contribution >= 4 is 11.8 Å². The Labute approximate surface area is 435 Å². The van der Waals surface area contributed by atoms with Gasteiger partial charge in [-0.1, -0.05) is 0 Å². The molecule has 0 atom stereocenters. The van der Waals surface area contributed by atoms with Gasteiger partial charge in [-0.05, 0) is 122 Å². The van der Waals surface area contributed by atoms with E-state index in [1.165, 1.54) is 0 Å². The molecule has 16 rings (SSSR count). The number of rotatable bonds is 12. The molecular weight excluding hydrogens is 953 g/mol. The lowest BCUT2D eigenvalue weighted by molar-refractivity contribution is -0.133. The summed E-state index contributed by atoms with van der Waals surface area (Å²) in [5.41, 5.74) is 14.0. The first kappa shape index (κ1) is 55.1. The first-order chi connectivity index (χ1) is 36.0. The average Bonchev–Trinajstić information content (AvgIpc) is 3.43. The molecule has 12 aliphatic rings. The maximum absolute atomic E-state index is 13.2. The smallest absolute Gasteiger partial charge is 0.223 e. The van der Waals surface area contributed by atoms with Crippen LogP contribution in [0.5, 0.6) is 69.0 Å². The fraction of sp³-hybridized carbons (Fsp3) is 0.536. The van der Waals surface area contributed by atoms with Crippen molar-refractivity contribution in [3.8, 4) is 69.0 Å². The molecule has 12 aliphatic heterocycles. The fourth-order valence-electron chi connectivity index (χ4n) is 10.6. The van der Waals surface area contributed by atoms with Gasteiger partial charge in [-0.25, -0.2) is 0 Å². The molecule has 0 aromatic heterocycles. The van der Waals surface area contributed by atoms with Crippen molar-refractivity contribution in [2.45, 2.75) is 75.0 Å². The standard InChI is InChI=1S/C56H76N4O14/c1-63-41-29-37-30-42(64-2)51(41)71-25-9-10-26-72-53-45(67-5)33-39(34-46(53)68-6)56(17-23-60(24-18-56)50(62)14-20-58)40-35-47(69-7)54(48(36-40)70-8)74-28-12-11-27-73-52-43(65-3)31-38(32-44(52)66-4)55(37)15-21-59(22-16-55)49(61)13-19-57/h29-36H,9-28,57-58H2,1-8H3. The number of amides is 2. The topological polar surface area (TPSA) is 203 Å². The van der Waals surface area contributed by atoms with Crippen LogP contribution in [0, 0.1) is 0 Å². The predicted octanol–water partition coefficient (Wildman–Crippen LogP) is 7.06. The summed E-state index contributed by atoms with van der Waals surface area (Å²) in [5.74, 6) is 5.99. The summed E-state index contributed by atoms with van der Waals surface area (Å²) < 4.78 is 74.2. The van der Waals surface area contributed by atoms with Crippen LogP contribution in [-0.4, -0.2) is 144 Å². The summed E-state index contributed by atoms with van der Waals surface area (Å²) in [6, 6.07) is 16.0. The van der Waals surface area contributed by atoms with Crippen molar-refractivity contribution in [3.05, 3.63) is 70.8 Å². The number of methoxy groups -OCH3 is 8. The van der Waals surface area contributed by atoms with E-state index < -0.39 is 10.8 Å². The van der Waals surface area contributed by atoms with E-state index in [2.05, 4.69) is 0 Å². The Kier molecular flexibility index (Phi) is 19.0. The third-order valence-corrected chi connectivity index (χ3v) is 14.8. The van der Waals surface area contributed by atoms with Crippen molar-refractivity contribution < 1.29 is 66.4 Å². The van der Waals surface area contributed by atoms with E-state index in [0.717, 1.165) is 22.3 Å². The second-order valence-electron chi connectivity index (χ2n) is 18.7. The lowest BCUT2D eigenvalue weighted by Crippen LogP contribution is -2.46. The highest BCUT2D eigenvalue weighted by atomic mass is 16.6. The number of piperidine rings is 2. The molecule has 74 heavy (non-hydrogen) atoms. The normalized spacial score (nSPS) is 16.8. The molecule has 4 N–H and O–H groups in total. The van der Waals surface area contributed by atoms with Gasteiger partial charge in [0.1, 0.15) is 0 Å². The Morgan fingerprint density at radius 2 is 0.608 bits per heavy atom. The van der Waals surface area contributed by atoms with E-state index in [0.29, 0.717) is 173 Å². The van der Waals surface area contributed by atoms with Crippen LogP contribution < -0.4 is 68.3 Å². The number of nitrogens with two attached hydrogens (primary N) is 2. The van der Waals surface area contributed by atoms with Crippen molar-refractivity contribution in [2.75, 3.05) is 123 Å². The lowest BCUT2D eigenvalue weighted by atomic mass is 9.67. The number of nitrogens with zero attached hydrogens (tertiary/aromatic N) is 2. The summed E-state index contributed by atoms with van der Waals surface area (Å²) in [4.78, 5) is 30.1. The number of carbonyl (C=O) groups excluding carboxylic acids is 2. The van der Waals surface area contributed by atoms with Crippen LogP contribution in [0.4, 0.5) is 0 Å². The minimum Gasteiger partial charge on any atom is -0.493 e. The summed E-state index contributed by atoms with van der Waals surface area (Å²) in [7, 11) is 12.9. The molecule has 0 aliphatic carbocycles. The van der Waals surface area contributed by atoms with E-state index in [1.807, 2.05) is 58.3 Å². The highest BCUT2D eigenvalue weighted by Gasteiger charge is 2.43. The Morgan fingerprint density at radius 3 is 0.784 bits per heavy atom. The molecule has 0 radical (unpaired) electrons. The molecule has 2 saturated heterocycles. The second kappa shape index (κ2) is 25.5. The quantitative estimate of drug-likeness (QED) is 0.146. The first-order valence-corrected chi connectivity index (χ1v) is 25.5. The van der Waals surface area contributed by atoms with Crippen LogP contribution in [0.2, 0.25) is 0 Å². The minimum atomic E-state index is -0.642. The number of carbonyl (C=O) groups is 2. The number of hydrogen-bond donors (Lipinski definition) is 2. The SMILES string of the molecule is COc1cc2cc(OC)c1OCCCCOc1c(OC)cc(cc1OC)C1(CCN(C(=O)CCN)CC1)c1cc(OC)c(c(OC)c1)OCCCCOc1c(OC)cc(cc1OC)C21CCN(C(=O)CCN)CC1. The zero-order chi connectivity index (χ0) is 52.8. The van der Waals surface area contributed by atoms with Gasteiger partial charge in [0, 0.05) is 62.9 Å². The average molecular weight is 1030 g/mol. The van der Waals surface area contributed by atoms with Gasteiger partial charge in [-0.15, -0.1) is 0 Å². The van der Waals surface area contributed by atoms with Gasteiger partial charge in [0.15, 0.2) is 46.0 Å². The van der Waals surface area contributed by atoms with Gasteiger partial charge in [0.2, 0.25) is 34.8 Å². The van der Waals surface area contributed by atoms with Crippen molar-refractivity contribution in [1.29, 1.82) is 0 Å². The first-order valence-electron chi connectivity index (χ1n) is 25.5. The Balaban J connectivity index is 1.27. The molecule has 0 saturated carbocycles. The molecule has 4 aromatic carbocycles. The molecule has 8 bridgehead atoms.